The van der Waals surface area contributed by atoms with Crippen molar-refractivity contribution in [3.63, 3.8) is 0 Å². The predicted molar refractivity (Wildman–Crippen MR) is 128 cm³/mol. The smallest absolute Gasteiger partial charge is 0.226 e. The number of likely N-dealkylation sites (tertiary alicyclic amines) is 1. The highest BCUT2D eigenvalue weighted by atomic mass is 16.2. The van der Waals surface area contributed by atoms with Gasteiger partial charge in [0.25, 0.3) is 0 Å². The fourth-order valence-corrected chi connectivity index (χ4v) is 4.75. The Hall–Kier alpha value is -3.40. The van der Waals surface area contributed by atoms with E-state index in [4.69, 9.17) is 5.73 Å². The van der Waals surface area contributed by atoms with Crippen molar-refractivity contribution in [2.75, 3.05) is 13.1 Å². The number of piperidine rings is 1. The maximum Gasteiger partial charge on any atom is 0.226 e. The van der Waals surface area contributed by atoms with E-state index in [2.05, 4.69) is 31.2 Å². The van der Waals surface area contributed by atoms with E-state index in [1.807, 2.05) is 59.5 Å². The second-order valence-corrected chi connectivity index (χ2v) is 8.84. The number of benzene rings is 3. The van der Waals surface area contributed by atoms with Crippen molar-refractivity contribution in [2.45, 2.75) is 32.6 Å². The summed E-state index contributed by atoms with van der Waals surface area (Å²) < 4.78 is 0. The Labute approximate surface area is 190 Å². The molecule has 0 aromatic heterocycles. The third kappa shape index (κ3) is 4.59. The molecule has 4 heteroatoms. The Morgan fingerprint density at radius 1 is 0.844 bits per heavy atom. The lowest BCUT2D eigenvalue weighted by molar-refractivity contribution is -0.138. The molecule has 2 N–H and O–H groups in total. The number of nitrogens with two attached hydrogens (primary N) is 1. The highest BCUT2D eigenvalue weighted by Gasteiger charge is 2.41. The quantitative estimate of drug-likeness (QED) is 0.629. The fourth-order valence-electron chi connectivity index (χ4n) is 4.75. The average Bonchev–Trinajstić information content (AvgIpc) is 2.81. The average molecular weight is 427 g/mol. The van der Waals surface area contributed by atoms with Gasteiger partial charge in [0.2, 0.25) is 11.8 Å². The SMILES string of the molecule is Cc1ccccc1-c1ccccc1CC1(C(N)=O)CCN(C(=O)Cc2ccccc2)CC1. The van der Waals surface area contributed by atoms with Crippen LogP contribution in [0.3, 0.4) is 0 Å². The standard InChI is InChI=1S/C28H30N2O2/c1-21-9-5-7-13-24(21)25-14-8-6-12-23(25)20-28(27(29)32)15-17-30(18-16-28)26(31)19-22-10-3-2-4-11-22/h2-14H,15-20H2,1H3,(H2,29,32). The van der Waals surface area contributed by atoms with Crippen LogP contribution in [0.25, 0.3) is 11.1 Å². The third-order valence-electron chi connectivity index (χ3n) is 6.78. The summed E-state index contributed by atoms with van der Waals surface area (Å²) in [5.74, 6) is -0.165. The van der Waals surface area contributed by atoms with Gasteiger partial charge in [0, 0.05) is 13.1 Å². The molecule has 0 aliphatic carbocycles. The van der Waals surface area contributed by atoms with Crippen LogP contribution in [0.4, 0.5) is 0 Å². The van der Waals surface area contributed by atoms with E-state index in [0.717, 1.165) is 16.7 Å². The summed E-state index contributed by atoms with van der Waals surface area (Å²) in [6, 6.07) is 26.4. The van der Waals surface area contributed by atoms with E-state index in [1.54, 1.807) is 0 Å². The van der Waals surface area contributed by atoms with Gasteiger partial charge in [-0.1, -0.05) is 78.9 Å². The van der Waals surface area contributed by atoms with Gasteiger partial charge in [-0.2, -0.15) is 0 Å². The summed E-state index contributed by atoms with van der Waals surface area (Å²) in [5.41, 5.74) is 11.0. The number of carbonyl (C=O) groups excluding carboxylic acids is 2. The Kier molecular flexibility index (Phi) is 6.40. The van der Waals surface area contributed by atoms with Crippen LogP contribution in [0, 0.1) is 12.3 Å². The minimum atomic E-state index is -0.637. The van der Waals surface area contributed by atoms with Crippen molar-refractivity contribution >= 4 is 11.8 Å². The van der Waals surface area contributed by atoms with Gasteiger partial charge >= 0.3 is 0 Å². The van der Waals surface area contributed by atoms with Crippen LogP contribution < -0.4 is 5.73 Å². The second-order valence-electron chi connectivity index (χ2n) is 8.84. The molecule has 164 valence electrons. The monoisotopic (exact) mass is 426 g/mol. The zero-order valence-electron chi connectivity index (χ0n) is 18.6. The molecule has 1 aliphatic heterocycles. The van der Waals surface area contributed by atoms with E-state index >= 15 is 0 Å². The molecule has 1 saturated heterocycles. The number of rotatable bonds is 6. The van der Waals surface area contributed by atoms with Crippen LogP contribution in [-0.2, 0) is 22.4 Å². The summed E-state index contributed by atoms with van der Waals surface area (Å²) in [7, 11) is 0. The van der Waals surface area contributed by atoms with Crippen molar-refractivity contribution in [1.29, 1.82) is 0 Å². The van der Waals surface area contributed by atoms with Gasteiger partial charge < -0.3 is 10.6 Å². The number of carbonyl (C=O) groups is 2. The molecule has 32 heavy (non-hydrogen) atoms. The summed E-state index contributed by atoms with van der Waals surface area (Å²) in [6.07, 6.45) is 2.16. The molecular weight excluding hydrogens is 396 g/mol. The van der Waals surface area contributed by atoms with Crippen LogP contribution in [0.15, 0.2) is 78.9 Å². The van der Waals surface area contributed by atoms with E-state index in [9.17, 15) is 9.59 Å². The molecule has 0 spiro atoms. The first-order chi connectivity index (χ1) is 15.5. The molecule has 4 rings (SSSR count). The first kappa shape index (κ1) is 21.8. The van der Waals surface area contributed by atoms with Gasteiger partial charge in [0.1, 0.15) is 0 Å². The first-order valence-corrected chi connectivity index (χ1v) is 11.2. The lowest BCUT2D eigenvalue weighted by Crippen LogP contribution is -2.50. The molecule has 3 aromatic carbocycles. The molecule has 2 amide bonds. The van der Waals surface area contributed by atoms with Crippen molar-refractivity contribution in [3.8, 4) is 11.1 Å². The molecule has 3 aromatic rings. The minimum absolute atomic E-state index is 0.106. The number of aryl methyl sites for hydroxylation is 1. The third-order valence-corrected chi connectivity index (χ3v) is 6.78. The van der Waals surface area contributed by atoms with E-state index in [0.29, 0.717) is 38.8 Å². The van der Waals surface area contributed by atoms with E-state index in [-0.39, 0.29) is 11.8 Å². The van der Waals surface area contributed by atoms with Crippen molar-refractivity contribution < 1.29 is 9.59 Å². The molecule has 1 heterocycles. The number of amides is 2. The van der Waals surface area contributed by atoms with Gasteiger partial charge in [-0.15, -0.1) is 0 Å². The van der Waals surface area contributed by atoms with E-state index in [1.165, 1.54) is 11.1 Å². The predicted octanol–water partition coefficient (Wildman–Crippen LogP) is 4.54. The van der Waals surface area contributed by atoms with Crippen LogP contribution >= 0.6 is 0 Å². The molecule has 4 nitrogen and oxygen atoms in total. The van der Waals surface area contributed by atoms with E-state index < -0.39 is 5.41 Å². The molecule has 0 bridgehead atoms. The summed E-state index contributed by atoms with van der Waals surface area (Å²) in [5, 5.41) is 0. The summed E-state index contributed by atoms with van der Waals surface area (Å²) >= 11 is 0. The van der Waals surface area contributed by atoms with Gasteiger partial charge in [-0.3, -0.25) is 9.59 Å². The molecule has 0 radical (unpaired) electrons. The Bertz CT molecular complexity index is 1100. The Morgan fingerprint density at radius 2 is 1.44 bits per heavy atom. The number of hydrogen-bond acceptors (Lipinski definition) is 2. The molecule has 0 atom stereocenters. The molecule has 0 unspecified atom stereocenters. The van der Waals surface area contributed by atoms with Crippen LogP contribution in [0.1, 0.15) is 29.5 Å². The lowest BCUT2D eigenvalue weighted by Gasteiger charge is -2.40. The summed E-state index contributed by atoms with van der Waals surface area (Å²) in [4.78, 5) is 27.4. The van der Waals surface area contributed by atoms with Crippen molar-refractivity contribution in [1.82, 2.24) is 4.90 Å². The number of primary amides is 1. The maximum atomic E-state index is 12.8. The fraction of sp³-hybridized carbons (Fsp3) is 0.286. The maximum absolute atomic E-state index is 12.8. The normalized spacial score (nSPS) is 15.3. The van der Waals surface area contributed by atoms with Crippen LogP contribution in [-0.4, -0.2) is 29.8 Å². The zero-order valence-corrected chi connectivity index (χ0v) is 18.6. The highest BCUT2D eigenvalue weighted by molar-refractivity contribution is 5.83. The van der Waals surface area contributed by atoms with Crippen molar-refractivity contribution in [2.24, 2.45) is 11.1 Å². The van der Waals surface area contributed by atoms with Crippen molar-refractivity contribution in [3.05, 3.63) is 95.6 Å². The summed E-state index contributed by atoms with van der Waals surface area (Å²) in [6.45, 7) is 3.22. The topological polar surface area (TPSA) is 63.4 Å². The Morgan fingerprint density at radius 3 is 2.09 bits per heavy atom. The zero-order chi connectivity index (χ0) is 22.6. The number of nitrogens with zero attached hydrogens (tertiary/aromatic N) is 1. The van der Waals surface area contributed by atoms with Crippen LogP contribution in [0.5, 0.6) is 0 Å². The van der Waals surface area contributed by atoms with Gasteiger partial charge in [0.05, 0.1) is 11.8 Å². The molecule has 1 fully saturated rings. The number of hydrogen-bond donors (Lipinski definition) is 1. The molecule has 0 saturated carbocycles. The highest BCUT2D eigenvalue weighted by Crippen LogP contribution is 2.38. The Balaban J connectivity index is 1.52. The van der Waals surface area contributed by atoms with Gasteiger partial charge in [-0.25, -0.2) is 0 Å². The second kappa shape index (κ2) is 9.39. The first-order valence-electron chi connectivity index (χ1n) is 11.2. The van der Waals surface area contributed by atoms with Gasteiger partial charge in [-0.05, 0) is 54.0 Å². The van der Waals surface area contributed by atoms with Gasteiger partial charge in [0.15, 0.2) is 0 Å². The molecule has 1 aliphatic rings. The minimum Gasteiger partial charge on any atom is -0.369 e. The lowest BCUT2D eigenvalue weighted by atomic mass is 9.72. The largest absolute Gasteiger partial charge is 0.369 e. The molecular formula is C28H30N2O2. The van der Waals surface area contributed by atoms with Crippen LogP contribution in [0.2, 0.25) is 0 Å².